The average molecular weight is 238 g/mol. The monoisotopic (exact) mass is 238 g/mol. The number of likely N-dealkylation sites (tertiary alicyclic amines) is 1. The van der Waals surface area contributed by atoms with Crippen LogP contribution in [0, 0.1) is 11.8 Å². The number of fused-ring (bicyclic) bond motifs is 1. The van der Waals surface area contributed by atoms with Crippen molar-refractivity contribution in [2.24, 2.45) is 11.8 Å². The molecule has 17 heavy (non-hydrogen) atoms. The first kappa shape index (κ1) is 13.4. The summed E-state index contributed by atoms with van der Waals surface area (Å²) in [6.45, 7) is 10.8. The Labute approximate surface area is 107 Å². The molecule has 0 aromatic heterocycles. The molecule has 1 aliphatic carbocycles. The standard InChI is InChI=1S/C15H30N2/c1-4-6-15(9-16-12(2)3)17-10-13-7-5-8-14(13)11-17/h12-16H,4-11H2,1-3H3. The van der Waals surface area contributed by atoms with E-state index in [0.29, 0.717) is 6.04 Å². The van der Waals surface area contributed by atoms with Crippen molar-refractivity contribution in [2.45, 2.75) is 65.0 Å². The summed E-state index contributed by atoms with van der Waals surface area (Å²) in [5.74, 6) is 2.07. The first-order valence-electron chi connectivity index (χ1n) is 7.68. The highest BCUT2D eigenvalue weighted by molar-refractivity contribution is 4.91. The zero-order valence-electron chi connectivity index (χ0n) is 11.9. The van der Waals surface area contributed by atoms with Crippen LogP contribution in [-0.2, 0) is 0 Å². The third-order valence-electron chi connectivity index (χ3n) is 4.65. The van der Waals surface area contributed by atoms with Gasteiger partial charge in [-0.3, -0.25) is 4.90 Å². The first-order chi connectivity index (χ1) is 8.20. The highest BCUT2D eigenvalue weighted by Gasteiger charge is 2.38. The summed E-state index contributed by atoms with van der Waals surface area (Å²) in [5, 5.41) is 3.63. The fourth-order valence-electron chi connectivity index (χ4n) is 3.69. The maximum atomic E-state index is 3.63. The van der Waals surface area contributed by atoms with Crippen molar-refractivity contribution in [1.29, 1.82) is 0 Å². The molecule has 0 bridgehead atoms. The largest absolute Gasteiger partial charge is 0.313 e. The molecule has 1 saturated heterocycles. The zero-order chi connectivity index (χ0) is 12.3. The van der Waals surface area contributed by atoms with Crippen molar-refractivity contribution >= 4 is 0 Å². The van der Waals surface area contributed by atoms with Gasteiger partial charge in [-0.1, -0.05) is 33.6 Å². The van der Waals surface area contributed by atoms with E-state index in [2.05, 4.69) is 31.0 Å². The van der Waals surface area contributed by atoms with E-state index >= 15 is 0 Å². The summed E-state index contributed by atoms with van der Waals surface area (Å²) in [7, 11) is 0. The first-order valence-corrected chi connectivity index (χ1v) is 7.68. The Morgan fingerprint density at radius 2 is 1.82 bits per heavy atom. The van der Waals surface area contributed by atoms with Crippen LogP contribution in [-0.4, -0.2) is 36.6 Å². The molecular formula is C15H30N2. The minimum atomic E-state index is 0.622. The van der Waals surface area contributed by atoms with Crippen LogP contribution >= 0.6 is 0 Å². The lowest BCUT2D eigenvalue weighted by Crippen LogP contribution is -2.43. The van der Waals surface area contributed by atoms with Crippen molar-refractivity contribution in [2.75, 3.05) is 19.6 Å². The lowest BCUT2D eigenvalue weighted by molar-refractivity contribution is 0.204. The molecule has 3 unspecified atom stereocenters. The molecule has 1 saturated carbocycles. The molecule has 1 N–H and O–H groups in total. The van der Waals surface area contributed by atoms with E-state index in [1.165, 1.54) is 51.7 Å². The normalized spacial score (nSPS) is 31.1. The van der Waals surface area contributed by atoms with Gasteiger partial charge >= 0.3 is 0 Å². The Morgan fingerprint density at radius 1 is 1.18 bits per heavy atom. The van der Waals surface area contributed by atoms with Gasteiger partial charge in [0.2, 0.25) is 0 Å². The molecule has 1 heterocycles. The molecule has 0 aromatic rings. The van der Waals surface area contributed by atoms with E-state index in [1.54, 1.807) is 0 Å². The molecule has 1 aliphatic heterocycles. The predicted molar refractivity (Wildman–Crippen MR) is 74.2 cm³/mol. The van der Waals surface area contributed by atoms with Crippen molar-refractivity contribution in [3.8, 4) is 0 Å². The highest BCUT2D eigenvalue weighted by Crippen LogP contribution is 2.38. The van der Waals surface area contributed by atoms with E-state index in [0.717, 1.165) is 17.9 Å². The molecule has 3 atom stereocenters. The van der Waals surface area contributed by atoms with Crippen LogP contribution in [0.3, 0.4) is 0 Å². The lowest BCUT2D eigenvalue weighted by atomic mass is 10.0. The number of hydrogen-bond acceptors (Lipinski definition) is 2. The fraction of sp³-hybridized carbons (Fsp3) is 1.00. The van der Waals surface area contributed by atoms with Gasteiger partial charge in [-0.2, -0.15) is 0 Å². The van der Waals surface area contributed by atoms with E-state index in [4.69, 9.17) is 0 Å². The van der Waals surface area contributed by atoms with Crippen LogP contribution < -0.4 is 5.32 Å². The summed E-state index contributed by atoms with van der Waals surface area (Å²) in [6, 6.07) is 1.41. The number of rotatable bonds is 6. The summed E-state index contributed by atoms with van der Waals surface area (Å²) in [4.78, 5) is 2.79. The van der Waals surface area contributed by atoms with Gasteiger partial charge in [0.05, 0.1) is 0 Å². The third kappa shape index (κ3) is 3.45. The van der Waals surface area contributed by atoms with Crippen molar-refractivity contribution in [1.82, 2.24) is 10.2 Å². The fourth-order valence-corrected chi connectivity index (χ4v) is 3.69. The van der Waals surface area contributed by atoms with Gasteiger partial charge in [-0.05, 0) is 31.1 Å². The number of nitrogens with zero attached hydrogens (tertiary/aromatic N) is 1. The van der Waals surface area contributed by atoms with Gasteiger partial charge in [0, 0.05) is 31.7 Å². The van der Waals surface area contributed by atoms with Crippen LogP contribution in [0.5, 0.6) is 0 Å². The van der Waals surface area contributed by atoms with E-state index in [1.807, 2.05) is 0 Å². The van der Waals surface area contributed by atoms with Crippen LogP contribution in [0.2, 0.25) is 0 Å². The molecule has 2 rings (SSSR count). The number of nitrogens with one attached hydrogen (secondary N) is 1. The molecular weight excluding hydrogens is 208 g/mol. The molecule has 2 aliphatic rings. The minimum absolute atomic E-state index is 0.622. The highest BCUT2D eigenvalue weighted by atomic mass is 15.2. The molecule has 0 spiro atoms. The van der Waals surface area contributed by atoms with Crippen LogP contribution in [0.15, 0.2) is 0 Å². The van der Waals surface area contributed by atoms with Crippen molar-refractivity contribution in [3.63, 3.8) is 0 Å². The second kappa shape index (κ2) is 6.19. The van der Waals surface area contributed by atoms with Gasteiger partial charge in [-0.15, -0.1) is 0 Å². The van der Waals surface area contributed by atoms with Crippen LogP contribution in [0.1, 0.15) is 52.9 Å². The summed E-state index contributed by atoms with van der Waals surface area (Å²) < 4.78 is 0. The van der Waals surface area contributed by atoms with Crippen molar-refractivity contribution < 1.29 is 0 Å². The Bertz CT molecular complexity index is 215. The van der Waals surface area contributed by atoms with E-state index in [-0.39, 0.29) is 0 Å². The van der Waals surface area contributed by atoms with Crippen LogP contribution in [0.4, 0.5) is 0 Å². The van der Waals surface area contributed by atoms with E-state index in [9.17, 15) is 0 Å². The number of hydrogen-bond donors (Lipinski definition) is 1. The van der Waals surface area contributed by atoms with Gasteiger partial charge in [-0.25, -0.2) is 0 Å². The van der Waals surface area contributed by atoms with Crippen LogP contribution in [0.25, 0.3) is 0 Å². The summed E-state index contributed by atoms with van der Waals surface area (Å²) in [6.07, 6.45) is 7.16. The maximum Gasteiger partial charge on any atom is 0.0220 e. The average Bonchev–Trinajstić information content (AvgIpc) is 2.83. The Hall–Kier alpha value is -0.0800. The molecule has 2 heteroatoms. The topological polar surface area (TPSA) is 15.3 Å². The minimum Gasteiger partial charge on any atom is -0.313 e. The smallest absolute Gasteiger partial charge is 0.0220 e. The third-order valence-corrected chi connectivity index (χ3v) is 4.65. The van der Waals surface area contributed by atoms with Gasteiger partial charge < -0.3 is 5.32 Å². The maximum absolute atomic E-state index is 3.63. The molecule has 0 radical (unpaired) electrons. The predicted octanol–water partition coefficient (Wildman–Crippen LogP) is 2.89. The summed E-state index contributed by atoms with van der Waals surface area (Å²) in [5.41, 5.74) is 0. The van der Waals surface area contributed by atoms with Gasteiger partial charge in [0.15, 0.2) is 0 Å². The second-order valence-corrected chi connectivity index (χ2v) is 6.41. The Kier molecular flexibility index (Phi) is 4.87. The zero-order valence-corrected chi connectivity index (χ0v) is 11.9. The molecule has 0 aromatic carbocycles. The molecule has 2 nitrogen and oxygen atoms in total. The second-order valence-electron chi connectivity index (χ2n) is 6.41. The Morgan fingerprint density at radius 3 is 2.35 bits per heavy atom. The SMILES string of the molecule is CCCC(CNC(C)C)N1CC2CCCC2C1. The summed E-state index contributed by atoms with van der Waals surface area (Å²) >= 11 is 0. The molecule has 0 amide bonds. The van der Waals surface area contributed by atoms with Gasteiger partial charge in [0.25, 0.3) is 0 Å². The van der Waals surface area contributed by atoms with E-state index < -0.39 is 0 Å². The Balaban J connectivity index is 1.83. The molecule has 2 fully saturated rings. The van der Waals surface area contributed by atoms with Crippen molar-refractivity contribution in [3.05, 3.63) is 0 Å². The van der Waals surface area contributed by atoms with Gasteiger partial charge in [0.1, 0.15) is 0 Å². The lowest BCUT2D eigenvalue weighted by Gasteiger charge is -2.29. The quantitative estimate of drug-likeness (QED) is 0.765. The molecule has 100 valence electrons.